The molecule has 0 aromatic carbocycles. The Hall–Kier alpha value is -0.530. The van der Waals surface area contributed by atoms with E-state index in [1.54, 1.807) is 0 Å². The maximum Gasteiger partial charge on any atom is 0.312 e. The quantitative estimate of drug-likeness (QED) is 0.684. The molecule has 0 N–H and O–H groups in total. The first kappa shape index (κ1) is 16.5. The molecule has 0 aliphatic rings. The van der Waals surface area contributed by atoms with Crippen molar-refractivity contribution in [1.29, 1.82) is 0 Å². The maximum absolute atomic E-state index is 12.4. The van der Waals surface area contributed by atoms with Crippen molar-refractivity contribution in [3.63, 3.8) is 0 Å². The topological polar surface area (TPSA) is 26.3 Å². The van der Waals surface area contributed by atoms with Gasteiger partial charge < -0.3 is 4.74 Å². The Morgan fingerprint density at radius 1 is 1.00 bits per heavy atom. The Morgan fingerprint density at radius 2 is 1.41 bits per heavy atom. The summed E-state index contributed by atoms with van der Waals surface area (Å²) < 4.78 is 5.45. The van der Waals surface area contributed by atoms with Crippen molar-refractivity contribution in [2.24, 2.45) is 16.2 Å². The van der Waals surface area contributed by atoms with Crippen LogP contribution in [0.25, 0.3) is 0 Å². The van der Waals surface area contributed by atoms with Crippen LogP contribution < -0.4 is 0 Å². The Balaban J connectivity index is 5.20. The first-order valence-corrected chi connectivity index (χ1v) is 6.51. The van der Waals surface area contributed by atoms with E-state index < -0.39 is 5.41 Å². The van der Waals surface area contributed by atoms with Gasteiger partial charge in [0.15, 0.2) is 0 Å². The summed E-state index contributed by atoms with van der Waals surface area (Å²) in [5.41, 5.74) is -0.445. The molecule has 2 nitrogen and oxygen atoms in total. The Kier molecular flexibility index (Phi) is 4.84. The summed E-state index contributed by atoms with van der Waals surface area (Å²) in [6, 6.07) is 0. The van der Waals surface area contributed by atoms with E-state index >= 15 is 0 Å². The third-order valence-corrected chi connectivity index (χ3v) is 3.33. The standard InChI is InChI=1S/C15H30O2/c1-11(2)17-12(16)15(9,14(6,7)8)10-13(3,4)5/h11H,10H2,1-9H3. The molecule has 2 heteroatoms. The first-order chi connectivity index (χ1) is 7.29. The van der Waals surface area contributed by atoms with E-state index in [1.165, 1.54) is 0 Å². The molecule has 0 rings (SSSR count). The minimum atomic E-state index is -0.449. The molecule has 102 valence electrons. The molecule has 17 heavy (non-hydrogen) atoms. The van der Waals surface area contributed by atoms with Crippen LogP contribution in [0.5, 0.6) is 0 Å². The lowest BCUT2D eigenvalue weighted by molar-refractivity contribution is -0.168. The van der Waals surface area contributed by atoms with Gasteiger partial charge >= 0.3 is 5.97 Å². The normalized spacial score (nSPS) is 16.8. The van der Waals surface area contributed by atoms with Gasteiger partial charge in [-0.05, 0) is 38.0 Å². The molecule has 0 saturated heterocycles. The predicted octanol–water partition coefficient (Wildman–Crippen LogP) is 4.43. The number of carbonyl (C=O) groups excluding carboxylic acids is 1. The summed E-state index contributed by atoms with van der Waals surface area (Å²) in [7, 11) is 0. The van der Waals surface area contributed by atoms with Gasteiger partial charge in [-0.2, -0.15) is 0 Å². The largest absolute Gasteiger partial charge is 0.463 e. The number of hydrogen-bond donors (Lipinski definition) is 0. The third kappa shape index (κ3) is 4.69. The predicted molar refractivity (Wildman–Crippen MR) is 72.9 cm³/mol. The van der Waals surface area contributed by atoms with Crippen LogP contribution in [-0.2, 0) is 9.53 Å². The fraction of sp³-hybridized carbons (Fsp3) is 0.933. The van der Waals surface area contributed by atoms with Crippen LogP contribution >= 0.6 is 0 Å². The summed E-state index contributed by atoms with van der Waals surface area (Å²) >= 11 is 0. The van der Waals surface area contributed by atoms with E-state index in [2.05, 4.69) is 41.5 Å². The minimum Gasteiger partial charge on any atom is -0.463 e. The number of hydrogen-bond acceptors (Lipinski definition) is 2. The van der Waals surface area contributed by atoms with Gasteiger partial charge in [0.1, 0.15) is 0 Å². The Labute approximate surface area is 107 Å². The van der Waals surface area contributed by atoms with Gasteiger partial charge in [0.05, 0.1) is 11.5 Å². The molecular weight excluding hydrogens is 212 g/mol. The Morgan fingerprint density at radius 3 is 1.65 bits per heavy atom. The molecule has 0 aromatic heterocycles. The molecule has 0 radical (unpaired) electrons. The highest BCUT2D eigenvalue weighted by Gasteiger charge is 2.47. The highest BCUT2D eigenvalue weighted by Crippen LogP contribution is 2.47. The summed E-state index contributed by atoms with van der Waals surface area (Å²) in [6.45, 7) is 18.7. The van der Waals surface area contributed by atoms with Crippen molar-refractivity contribution < 1.29 is 9.53 Å². The van der Waals surface area contributed by atoms with Gasteiger partial charge in [0.2, 0.25) is 0 Å². The van der Waals surface area contributed by atoms with Crippen molar-refractivity contribution >= 4 is 5.97 Å². The summed E-state index contributed by atoms with van der Waals surface area (Å²) in [5.74, 6) is -0.0741. The van der Waals surface area contributed by atoms with Gasteiger partial charge in [-0.1, -0.05) is 41.5 Å². The number of rotatable bonds is 3. The van der Waals surface area contributed by atoms with Gasteiger partial charge in [-0.15, -0.1) is 0 Å². The SMILES string of the molecule is CC(C)OC(=O)C(C)(CC(C)(C)C)C(C)(C)C. The number of ether oxygens (including phenoxy) is 1. The van der Waals surface area contributed by atoms with E-state index in [1.807, 2.05) is 20.8 Å². The first-order valence-electron chi connectivity index (χ1n) is 6.51. The zero-order valence-electron chi connectivity index (χ0n) is 13.1. The summed E-state index contributed by atoms with van der Waals surface area (Å²) in [6.07, 6.45) is 0.777. The van der Waals surface area contributed by atoms with Crippen molar-refractivity contribution in [3.8, 4) is 0 Å². The molecule has 0 amide bonds. The summed E-state index contributed by atoms with van der Waals surface area (Å²) in [4.78, 5) is 12.4. The number of esters is 1. The molecule has 1 atom stereocenters. The van der Waals surface area contributed by atoms with Crippen LogP contribution in [0.15, 0.2) is 0 Å². The molecule has 0 aromatic rings. The molecule has 0 bridgehead atoms. The van der Waals surface area contributed by atoms with Crippen LogP contribution in [0.1, 0.15) is 68.7 Å². The lowest BCUT2D eigenvalue weighted by Gasteiger charge is -2.43. The average Bonchev–Trinajstić information content (AvgIpc) is 1.96. The van der Waals surface area contributed by atoms with Crippen molar-refractivity contribution in [2.75, 3.05) is 0 Å². The number of carbonyl (C=O) groups is 1. The van der Waals surface area contributed by atoms with E-state index in [9.17, 15) is 4.79 Å². The van der Waals surface area contributed by atoms with E-state index in [-0.39, 0.29) is 22.9 Å². The molecule has 0 fully saturated rings. The van der Waals surface area contributed by atoms with Crippen LogP contribution in [0.3, 0.4) is 0 Å². The molecule has 0 heterocycles. The lowest BCUT2D eigenvalue weighted by atomic mass is 9.61. The van der Waals surface area contributed by atoms with Gasteiger partial charge in [0.25, 0.3) is 0 Å². The Bertz CT molecular complexity index is 266. The van der Waals surface area contributed by atoms with Crippen LogP contribution in [-0.4, -0.2) is 12.1 Å². The smallest absolute Gasteiger partial charge is 0.312 e. The highest BCUT2D eigenvalue weighted by atomic mass is 16.5. The van der Waals surface area contributed by atoms with E-state index in [4.69, 9.17) is 4.74 Å². The molecule has 0 saturated carbocycles. The van der Waals surface area contributed by atoms with Crippen molar-refractivity contribution in [3.05, 3.63) is 0 Å². The second kappa shape index (κ2) is 4.99. The van der Waals surface area contributed by atoms with Crippen LogP contribution in [0.2, 0.25) is 0 Å². The monoisotopic (exact) mass is 242 g/mol. The minimum absolute atomic E-state index is 0.0517. The zero-order chi connectivity index (χ0) is 14.1. The van der Waals surface area contributed by atoms with Crippen LogP contribution in [0.4, 0.5) is 0 Å². The maximum atomic E-state index is 12.4. The van der Waals surface area contributed by atoms with Gasteiger partial charge in [-0.3, -0.25) is 4.79 Å². The van der Waals surface area contributed by atoms with Gasteiger partial charge in [0, 0.05) is 0 Å². The third-order valence-electron chi connectivity index (χ3n) is 3.33. The molecule has 0 aliphatic carbocycles. The second-order valence-electron chi connectivity index (χ2n) is 7.77. The average molecular weight is 242 g/mol. The lowest BCUT2D eigenvalue weighted by Crippen LogP contribution is -2.45. The molecular formula is C15H30O2. The van der Waals surface area contributed by atoms with Crippen molar-refractivity contribution in [1.82, 2.24) is 0 Å². The van der Waals surface area contributed by atoms with Gasteiger partial charge in [-0.25, -0.2) is 0 Å². The highest BCUT2D eigenvalue weighted by molar-refractivity contribution is 5.77. The fourth-order valence-corrected chi connectivity index (χ4v) is 2.05. The second-order valence-corrected chi connectivity index (χ2v) is 7.77. The van der Waals surface area contributed by atoms with Crippen molar-refractivity contribution in [2.45, 2.75) is 74.8 Å². The fourth-order valence-electron chi connectivity index (χ4n) is 2.05. The van der Waals surface area contributed by atoms with E-state index in [0.717, 1.165) is 6.42 Å². The summed E-state index contributed by atoms with van der Waals surface area (Å²) in [5, 5.41) is 0. The van der Waals surface area contributed by atoms with E-state index in [0.29, 0.717) is 0 Å². The molecule has 0 spiro atoms. The molecule has 1 unspecified atom stereocenters. The van der Waals surface area contributed by atoms with Crippen LogP contribution in [0, 0.1) is 16.2 Å². The zero-order valence-corrected chi connectivity index (χ0v) is 13.1. The molecule has 0 aliphatic heterocycles.